The quantitative estimate of drug-likeness (QED) is 0.461. The summed E-state index contributed by atoms with van der Waals surface area (Å²) < 4.78 is 53.3. The molecule has 98 valence electrons. The SMILES string of the molecule is Fc1cc([NH+]2CCc3ccccc32)c(F)c(F)c1F. The molecule has 0 aliphatic carbocycles. The summed E-state index contributed by atoms with van der Waals surface area (Å²) in [6.07, 6.45) is 0.686. The second-order valence-electron chi connectivity index (χ2n) is 4.48. The van der Waals surface area contributed by atoms with Gasteiger partial charge < -0.3 is 0 Å². The Hall–Kier alpha value is -1.88. The van der Waals surface area contributed by atoms with E-state index in [2.05, 4.69) is 0 Å². The first-order valence-electron chi connectivity index (χ1n) is 5.87. The topological polar surface area (TPSA) is 4.44 Å². The molecule has 0 bridgehead atoms. The zero-order valence-corrected chi connectivity index (χ0v) is 9.81. The van der Waals surface area contributed by atoms with Gasteiger partial charge in [0, 0.05) is 18.1 Å². The second-order valence-corrected chi connectivity index (χ2v) is 4.48. The second kappa shape index (κ2) is 4.35. The maximum Gasteiger partial charge on any atom is 0.222 e. The summed E-state index contributed by atoms with van der Waals surface area (Å²) in [7, 11) is 0. The van der Waals surface area contributed by atoms with Gasteiger partial charge in [-0.2, -0.15) is 4.39 Å². The normalized spacial score (nSPS) is 17.6. The zero-order valence-electron chi connectivity index (χ0n) is 9.81. The fourth-order valence-corrected chi connectivity index (χ4v) is 2.50. The molecule has 19 heavy (non-hydrogen) atoms. The fraction of sp³-hybridized carbons (Fsp3) is 0.143. The van der Waals surface area contributed by atoms with Gasteiger partial charge in [-0.15, -0.1) is 0 Å². The van der Waals surface area contributed by atoms with Crippen molar-refractivity contribution in [2.24, 2.45) is 0 Å². The van der Waals surface area contributed by atoms with Crippen LogP contribution in [0, 0.1) is 23.3 Å². The van der Waals surface area contributed by atoms with E-state index in [1.54, 1.807) is 12.1 Å². The highest BCUT2D eigenvalue weighted by molar-refractivity contribution is 5.47. The molecule has 0 saturated heterocycles. The Morgan fingerprint density at radius 1 is 0.842 bits per heavy atom. The molecule has 1 atom stereocenters. The molecule has 1 aliphatic rings. The Morgan fingerprint density at radius 2 is 1.58 bits per heavy atom. The van der Waals surface area contributed by atoms with Crippen molar-refractivity contribution in [2.75, 3.05) is 6.54 Å². The number of quaternary nitrogens is 1. The highest BCUT2D eigenvalue weighted by Gasteiger charge is 2.32. The third kappa shape index (κ3) is 1.81. The molecule has 0 fully saturated rings. The van der Waals surface area contributed by atoms with Crippen LogP contribution >= 0.6 is 0 Å². The standard InChI is InChI=1S/C14H9F4N/c15-9-7-11(13(17)14(18)12(9)16)19-6-5-8-3-1-2-4-10(8)19/h1-4,7H,5-6H2/p+1. The van der Waals surface area contributed by atoms with Gasteiger partial charge in [0.2, 0.25) is 11.6 Å². The molecule has 1 aliphatic heterocycles. The van der Waals surface area contributed by atoms with Crippen molar-refractivity contribution in [3.63, 3.8) is 0 Å². The van der Waals surface area contributed by atoms with Crippen LogP contribution in [0.3, 0.4) is 0 Å². The maximum atomic E-state index is 13.8. The van der Waals surface area contributed by atoms with Crippen LogP contribution in [0.15, 0.2) is 30.3 Å². The van der Waals surface area contributed by atoms with E-state index in [9.17, 15) is 17.6 Å². The molecule has 2 aromatic carbocycles. The van der Waals surface area contributed by atoms with Crippen molar-refractivity contribution >= 4 is 11.4 Å². The van der Waals surface area contributed by atoms with E-state index in [0.717, 1.165) is 17.3 Å². The monoisotopic (exact) mass is 268 g/mol. The number of fused-ring (bicyclic) bond motifs is 1. The Labute approximate surface area is 107 Å². The van der Waals surface area contributed by atoms with Gasteiger partial charge in [0.05, 0.1) is 6.54 Å². The third-order valence-electron chi connectivity index (χ3n) is 3.41. The van der Waals surface area contributed by atoms with E-state index in [0.29, 0.717) is 17.9 Å². The van der Waals surface area contributed by atoms with Crippen LogP contribution in [0.5, 0.6) is 0 Å². The van der Waals surface area contributed by atoms with Gasteiger partial charge in [-0.25, -0.2) is 13.2 Å². The predicted octanol–water partition coefficient (Wildman–Crippen LogP) is 2.65. The Balaban J connectivity index is 2.15. The van der Waals surface area contributed by atoms with Gasteiger partial charge in [-0.3, -0.25) is 4.90 Å². The van der Waals surface area contributed by atoms with Crippen molar-refractivity contribution < 1.29 is 22.5 Å². The van der Waals surface area contributed by atoms with Gasteiger partial charge in [-0.05, 0) is 6.07 Å². The first kappa shape index (κ1) is 12.2. The number of rotatable bonds is 1. The average molecular weight is 268 g/mol. The summed E-state index contributed by atoms with van der Waals surface area (Å²) in [5, 5.41) is 0. The van der Waals surface area contributed by atoms with Crippen molar-refractivity contribution in [3.8, 4) is 0 Å². The molecule has 1 unspecified atom stereocenters. The number of halogens is 4. The lowest BCUT2D eigenvalue weighted by Gasteiger charge is -2.14. The van der Waals surface area contributed by atoms with Gasteiger partial charge in [0.1, 0.15) is 5.69 Å². The summed E-state index contributed by atoms with van der Waals surface area (Å²) >= 11 is 0. The summed E-state index contributed by atoms with van der Waals surface area (Å²) in [5.74, 6) is -6.23. The first-order valence-corrected chi connectivity index (χ1v) is 5.87. The van der Waals surface area contributed by atoms with Gasteiger partial charge in [0.15, 0.2) is 17.3 Å². The van der Waals surface area contributed by atoms with Crippen LogP contribution in [0.4, 0.5) is 28.9 Å². The molecule has 0 saturated carbocycles. The third-order valence-corrected chi connectivity index (χ3v) is 3.41. The minimum absolute atomic E-state index is 0.193. The molecule has 0 amide bonds. The smallest absolute Gasteiger partial charge is 0.222 e. The maximum absolute atomic E-state index is 13.8. The van der Waals surface area contributed by atoms with Gasteiger partial charge >= 0.3 is 0 Å². The zero-order chi connectivity index (χ0) is 13.6. The van der Waals surface area contributed by atoms with Crippen LogP contribution in [0.1, 0.15) is 5.56 Å². The molecule has 1 N–H and O–H groups in total. The highest BCUT2D eigenvalue weighted by Crippen LogP contribution is 2.24. The van der Waals surface area contributed by atoms with Crippen LogP contribution < -0.4 is 4.90 Å². The summed E-state index contributed by atoms with van der Waals surface area (Å²) in [4.78, 5) is 0.519. The van der Waals surface area contributed by atoms with E-state index in [1.165, 1.54) is 0 Å². The van der Waals surface area contributed by atoms with Crippen molar-refractivity contribution in [2.45, 2.75) is 6.42 Å². The van der Waals surface area contributed by atoms with Gasteiger partial charge in [0.25, 0.3) is 0 Å². The Bertz CT molecular complexity index is 654. The molecule has 0 radical (unpaired) electrons. The van der Waals surface area contributed by atoms with Gasteiger partial charge in [-0.1, -0.05) is 18.2 Å². The summed E-state index contributed by atoms with van der Waals surface area (Å²) in [6, 6.07) is 8.01. The van der Waals surface area contributed by atoms with Crippen LogP contribution in [0.2, 0.25) is 0 Å². The molecular formula is C14H10F4N+. The number of benzene rings is 2. The van der Waals surface area contributed by atoms with Crippen molar-refractivity contribution in [1.29, 1.82) is 0 Å². The minimum Gasteiger partial charge on any atom is -0.267 e. The summed E-state index contributed by atoms with van der Waals surface area (Å²) in [6.45, 7) is 0.487. The molecule has 1 nitrogen and oxygen atoms in total. The summed E-state index contributed by atoms with van der Waals surface area (Å²) in [5.41, 5.74) is 1.58. The average Bonchev–Trinajstić information content (AvgIpc) is 2.84. The van der Waals surface area contributed by atoms with Crippen molar-refractivity contribution in [1.82, 2.24) is 0 Å². The highest BCUT2D eigenvalue weighted by atomic mass is 19.2. The first-order chi connectivity index (χ1) is 9.09. The number of para-hydroxylation sites is 1. The lowest BCUT2D eigenvalue weighted by Crippen LogP contribution is -3.01. The van der Waals surface area contributed by atoms with E-state index in [-0.39, 0.29) is 5.69 Å². The predicted molar refractivity (Wildman–Crippen MR) is 61.6 cm³/mol. The molecule has 2 aromatic rings. The van der Waals surface area contributed by atoms with Crippen LogP contribution in [-0.2, 0) is 6.42 Å². The molecule has 3 rings (SSSR count). The number of hydrogen-bond acceptors (Lipinski definition) is 0. The fourth-order valence-electron chi connectivity index (χ4n) is 2.50. The lowest BCUT2D eigenvalue weighted by atomic mass is 10.2. The van der Waals surface area contributed by atoms with Crippen molar-refractivity contribution in [3.05, 3.63) is 59.2 Å². The molecular weight excluding hydrogens is 258 g/mol. The van der Waals surface area contributed by atoms with Crippen LogP contribution in [0.25, 0.3) is 0 Å². The van der Waals surface area contributed by atoms with E-state index in [4.69, 9.17) is 0 Å². The molecule has 0 aromatic heterocycles. The molecule has 1 heterocycles. The van der Waals surface area contributed by atoms with Crippen LogP contribution in [-0.4, -0.2) is 6.54 Å². The Kier molecular flexibility index (Phi) is 2.78. The number of nitrogens with one attached hydrogen (secondary N) is 1. The Morgan fingerprint density at radius 3 is 2.37 bits per heavy atom. The van der Waals surface area contributed by atoms with E-state index in [1.807, 2.05) is 12.1 Å². The largest absolute Gasteiger partial charge is 0.267 e. The minimum atomic E-state index is -1.77. The molecule has 5 heteroatoms. The number of hydrogen-bond donors (Lipinski definition) is 1. The van der Waals surface area contributed by atoms with E-state index < -0.39 is 23.3 Å². The molecule has 0 spiro atoms. The van der Waals surface area contributed by atoms with E-state index >= 15 is 0 Å². The lowest BCUT2D eigenvalue weighted by molar-refractivity contribution is -0.754.